The first-order chi connectivity index (χ1) is 25.0. The second kappa shape index (κ2) is 24.7. The lowest BCUT2D eigenvalue weighted by atomic mass is 10.1. The summed E-state index contributed by atoms with van der Waals surface area (Å²) in [6.07, 6.45) is 2.88. The van der Waals surface area contributed by atoms with Gasteiger partial charge in [-0.05, 0) is 76.8 Å². The molecule has 0 unspecified atom stereocenters. The summed E-state index contributed by atoms with van der Waals surface area (Å²) in [7, 11) is -4.38. The molecule has 0 aliphatic heterocycles. The highest BCUT2D eigenvalue weighted by Gasteiger charge is 2.26. The van der Waals surface area contributed by atoms with Crippen molar-refractivity contribution >= 4 is 43.8 Å². The van der Waals surface area contributed by atoms with E-state index in [2.05, 4.69) is 42.8 Å². The van der Waals surface area contributed by atoms with E-state index in [4.69, 9.17) is 23.7 Å². The van der Waals surface area contributed by atoms with Gasteiger partial charge < -0.3 is 33.1 Å². The molecule has 1 aromatic carbocycles. The highest BCUT2D eigenvalue weighted by Crippen LogP contribution is 2.39. The number of azo groups is 1. The van der Waals surface area contributed by atoms with Gasteiger partial charge >= 0.3 is 5.97 Å². The Morgan fingerprint density at radius 2 is 1.46 bits per heavy atom. The molecule has 0 bridgehead atoms. The van der Waals surface area contributed by atoms with Crippen molar-refractivity contribution in [3.8, 4) is 0 Å². The van der Waals surface area contributed by atoms with Crippen molar-refractivity contribution in [2.45, 2.75) is 73.5 Å². The number of likely N-dealkylation sites (N-methyl/N-ethyl adjacent to an activating group) is 2. The van der Waals surface area contributed by atoms with Gasteiger partial charge in [-0.25, -0.2) is 4.79 Å². The first kappa shape index (κ1) is 45.7. The number of thiophene rings is 1. The lowest BCUT2D eigenvalue weighted by Gasteiger charge is -2.36. The number of aryl methyl sites for hydroxylation is 1. The summed E-state index contributed by atoms with van der Waals surface area (Å²) < 4.78 is 62.1. The number of nitrogens with zero attached hydrogens (tertiary/aromatic N) is 4. The predicted molar refractivity (Wildman–Crippen MR) is 207 cm³/mol. The third-order valence-electron chi connectivity index (χ3n) is 9.07. The van der Waals surface area contributed by atoms with Crippen molar-refractivity contribution in [2.75, 3.05) is 104 Å². The minimum Gasteiger partial charge on any atom is -0.462 e. The first-order valence-electron chi connectivity index (χ1n) is 18.7. The SMILES string of the molecule is CCCC[N+](CC)(CC)CCOCCOCCOCCOCCN(CC)c1ccc(/N=N/c2sc(C(=O)OCC)c(CS(=O)(=O)O)c2CC)c(C)c1. The van der Waals surface area contributed by atoms with E-state index in [1.165, 1.54) is 19.4 Å². The summed E-state index contributed by atoms with van der Waals surface area (Å²) >= 11 is 1.01. The van der Waals surface area contributed by atoms with Crippen molar-refractivity contribution in [2.24, 2.45) is 10.2 Å². The minimum atomic E-state index is -4.38. The fourth-order valence-electron chi connectivity index (χ4n) is 5.80. The Bertz CT molecular complexity index is 1460. The van der Waals surface area contributed by atoms with Gasteiger partial charge in [-0.1, -0.05) is 20.3 Å². The largest absolute Gasteiger partial charge is 0.462 e. The monoisotopic (exact) mass is 771 g/mol. The van der Waals surface area contributed by atoms with E-state index < -0.39 is 21.8 Å². The van der Waals surface area contributed by atoms with Gasteiger partial charge in [0.05, 0.1) is 84.8 Å². The molecule has 1 heterocycles. The molecule has 0 spiro atoms. The summed E-state index contributed by atoms with van der Waals surface area (Å²) in [5.74, 6) is -1.35. The van der Waals surface area contributed by atoms with Crippen LogP contribution in [0.4, 0.5) is 16.4 Å². The third-order valence-corrected chi connectivity index (χ3v) is 10.9. The molecule has 0 saturated carbocycles. The fraction of sp³-hybridized carbons (Fsp3) is 0.703. The van der Waals surface area contributed by atoms with Crippen molar-refractivity contribution in [1.82, 2.24) is 0 Å². The summed E-state index contributed by atoms with van der Waals surface area (Å²) in [6, 6.07) is 5.88. The molecule has 15 heteroatoms. The van der Waals surface area contributed by atoms with E-state index in [1.54, 1.807) is 6.92 Å². The first-order valence-corrected chi connectivity index (χ1v) is 21.1. The molecule has 296 valence electrons. The Morgan fingerprint density at radius 3 is 1.98 bits per heavy atom. The molecule has 0 aliphatic carbocycles. The molecule has 0 fully saturated rings. The number of hydrogen-bond donors (Lipinski definition) is 1. The Kier molecular flexibility index (Phi) is 21.7. The van der Waals surface area contributed by atoms with E-state index in [0.717, 1.165) is 59.9 Å². The summed E-state index contributed by atoms with van der Waals surface area (Å²) in [5, 5.41) is 9.22. The Balaban J connectivity index is 1.76. The van der Waals surface area contributed by atoms with E-state index >= 15 is 0 Å². The number of carbonyl (C=O) groups is 1. The smallest absolute Gasteiger partial charge is 0.348 e. The molecule has 0 amide bonds. The molecule has 1 N–H and O–H groups in total. The predicted octanol–water partition coefficient (Wildman–Crippen LogP) is 7.15. The molecule has 2 rings (SSSR count). The van der Waals surface area contributed by atoms with Gasteiger partial charge in [0.2, 0.25) is 0 Å². The van der Waals surface area contributed by atoms with Crippen LogP contribution in [0.2, 0.25) is 0 Å². The third kappa shape index (κ3) is 15.8. The van der Waals surface area contributed by atoms with Crippen molar-refractivity contribution < 1.29 is 45.9 Å². The fourth-order valence-corrected chi connectivity index (χ4v) is 7.70. The van der Waals surface area contributed by atoms with Crippen LogP contribution in [-0.2, 0) is 46.0 Å². The molecule has 0 saturated heterocycles. The zero-order valence-corrected chi connectivity index (χ0v) is 34.1. The molecule has 0 radical (unpaired) electrons. The number of anilines is 1. The summed E-state index contributed by atoms with van der Waals surface area (Å²) in [5.41, 5.74) is 3.30. The highest BCUT2D eigenvalue weighted by molar-refractivity contribution is 7.85. The van der Waals surface area contributed by atoms with Crippen LogP contribution < -0.4 is 4.90 Å². The summed E-state index contributed by atoms with van der Waals surface area (Å²) in [4.78, 5) is 14.9. The molecular weight excluding hydrogens is 709 g/mol. The maximum Gasteiger partial charge on any atom is 0.348 e. The summed E-state index contributed by atoms with van der Waals surface area (Å²) in [6.45, 7) is 25.0. The quantitative estimate of drug-likeness (QED) is 0.0298. The number of esters is 1. The van der Waals surface area contributed by atoms with Crippen LogP contribution in [0, 0.1) is 6.92 Å². The molecule has 1 aromatic heterocycles. The zero-order valence-electron chi connectivity index (χ0n) is 32.5. The van der Waals surface area contributed by atoms with Gasteiger partial charge in [0.25, 0.3) is 10.1 Å². The Hall–Kier alpha value is -2.50. The van der Waals surface area contributed by atoms with E-state index in [-0.39, 0.29) is 17.0 Å². The number of hydrogen-bond acceptors (Lipinski definition) is 12. The standard InChI is InChI=1S/C37H62N4O9S2/c1-8-14-18-41(11-4,12-5)19-21-47-23-25-49-27-26-48-24-22-46-20-17-40(10-3)31-15-16-34(30(7)28-31)38-39-36-32(9-2)33(29-52(43,44)45)35(51-36)37(42)50-13-6/h15-16,28H,8-14,17-27,29H2,1-7H3/p+1/b39-38+. The van der Waals surface area contributed by atoms with E-state index in [9.17, 15) is 17.8 Å². The minimum absolute atomic E-state index is 0.105. The van der Waals surface area contributed by atoms with Gasteiger partial charge in [0.1, 0.15) is 22.2 Å². The van der Waals surface area contributed by atoms with Crippen LogP contribution in [0.3, 0.4) is 0 Å². The molecule has 0 atom stereocenters. The molecule has 2 aromatic rings. The number of quaternary nitrogens is 1. The van der Waals surface area contributed by atoms with Crippen LogP contribution in [0.5, 0.6) is 0 Å². The molecule has 0 aliphatic rings. The van der Waals surface area contributed by atoms with Gasteiger partial charge in [-0.3, -0.25) is 4.55 Å². The average Bonchev–Trinajstić information content (AvgIpc) is 3.46. The van der Waals surface area contributed by atoms with Gasteiger partial charge in [0, 0.05) is 24.3 Å². The Morgan fingerprint density at radius 1 is 0.846 bits per heavy atom. The topological polar surface area (TPSA) is 146 Å². The number of ether oxygens (including phenoxy) is 5. The Labute approximate surface area is 316 Å². The van der Waals surface area contributed by atoms with Crippen molar-refractivity contribution in [1.29, 1.82) is 0 Å². The highest BCUT2D eigenvalue weighted by atomic mass is 32.2. The molecule has 13 nitrogen and oxygen atoms in total. The average molecular weight is 772 g/mol. The van der Waals surface area contributed by atoms with Crippen molar-refractivity contribution in [3.05, 3.63) is 39.8 Å². The number of unbranched alkanes of at least 4 members (excludes halogenated alkanes) is 1. The maximum absolute atomic E-state index is 12.6. The van der Waals surface area contributed by atoms with Crippen LogP contribution in [0.15, 0.2) is 28.4 Å². The second-order valence-electron chi connectivity index (χ2n) is 12.5. The van der Waals surface area contributed by atoms with Crippen molar-refractivity contribution in [3.63, 3.8) is 0 Å². The lowest BCUT2D eigenvalue weighted by Crippen LogP contribution is -2.50. The van der Waals surface area contributed by atoms with E-state index in [1.807, 2.05) is 32.0 Å². The lowest BCUT2D eigenvalue weighted by molar-refractivity contribution is -0.925. The van der Waals surface area contributed by atoms with Crippen LogP contribution in [-0.4, -0.2) is 122 Å². The molecule has 52 heavy (non-hydrogen) atoms. The van der Waals surface area contributed by atoms with Gasteiger partial charge in [-0.15, -0.1) is 21.6 Å². The van der Waals surface area contributed by atoms with E-state index in [0.29, 0.717) is 75.5 Å². The normalized spacial score (nSPS) is 12.2. The maximum atomic E-state index is 12.6. The zero-order chi connectivity index (χ0) is 38.4. The molecular formula is C37H63N4O9S2+. The van der Waals surface area contributed by atoms with Gasteiger partial charge in [0.15, 0.2) is 0 Å². The number of rotatable bonds is 29. The number of benzene rings is 1. The second-order valence-corrected chi connectivity index (χ2v) is 14.9. The van der Waals surface area contributed by atoms with Crippen LogP contribution in [0.1, 0.15) is 80.7 Å². The number of carbonyl (C=O) groups excluding carboxylic acids is 1. The van der Waals surface area contributed by atoms with Crippen LogP contribution in [0.25, 0.3) is 0 Å². The van der Waals surface area contributed by atoms with Crippen LogP contribution >= 0.6 is 11.3 Å². The van der Waals surface area contributed by atoms with Gasteiger partial charge in [-0.2, -0.15) is 8.42 Å².